The summed E-state index contributed by atoms with van der Waals surface area (Å²) in [4.78, 5) is 31.4. The molecule has 0 spiro atoms. The summed E-state index contributed by atoms with van der Waals surface area (Å²) in [6.45, 7) is 1.94. The Labute approximate surface area is 162 Å². The minimum Gasteiger partial charge on any atom is -0.507 e. The predicted molar refractivity (Wildman–Crippen MR) is 107 cm³/mol. The molecule has 4 rings (SSSR count). The Morgan fingerprint density at radius 3 is 2.32 bits per heavy atom. The highest BCUT2D eigenvalue weighted by Gasteiger charge is 2.46. The summed E-state index contributed by atoms with van der Waals surface area (Å²) in [5.41, 5.74) is 2.82. The Balaban J connectivity index is 1.94. The lowest BCUT2D eigenvalue weighted by molar-refractivity contribution is -0.132. The van der Waals surface area contributed by atoms with Crippen LogP contribution in [0.2, 0.25) is 0 Å². The van der Waals surface area contributed by atoms with Gasteiger partial charge >= 0.3 is 0 Å². The fraction of sp³-hybridized carbons (Fsp3) is 0.0870. The van der Waals surface area contributed by atoms with E-state index < -0.39 is 17.7 Å². The van der Waals surface area contributed by atoms with Crippen molar-refractivity contribution >= 4 is 23.1 Å². The summed E-state index contributed by atoms with van der Waals surface area (Å²) >= 11 is 0. The van der Waals surface area contributed by atoms with Crippen molar-refractivity contribution in [2.75, 3.05) is 4.90 Å². The molecule has 1 amide bonds. The molecule has 1 atom stereocenters. The molecule has 0 saturated carbocycles. The molecule has 2 heterocycles. The van der Waals surface area contributed by atoms with Crippen molar-refractivity contribution in [1.82, 2.24) is 4.98 Å². The van der Waals surface area contributed by atoms with Gasteiger partial charge in [0.2, 0.25) is 0 Å². The van der Waals surface area contributed by atoms with E-state index >= 15 is 0 Å². The standard InChI is InChI=1S/C23H18N2O3/c1-15-9-11-16(12-10-15)21(26)19-20(17-6-5-13-24-14-17)25(23(28)22(19)27)18-7-3-2-4-8-18/h2-14,20,26H,1H3/t20-/m1/s1. The van der Waals surface area contributed by atoms with Crippen molar-refractivity contribution in [3.8, 4) is 0 Å². The number of aromatic nitrogens is 1. The van der Waals surface area contributed by atoms with Gasteiger partial charge in [-0.05, 0) is 30.7 Å². The van der Waals surface area contributed by atoms with Crippen molar-refractivity contribution in [2.24, 2.45) is 0 Å². The van der Waals surface area contributed by atoms with Crippen LogP contribution in [0.5, 0.6) is 0 Å². The smallest absolute Gasteiger partial charge is 0.300 e. The van der Waals surface area contributed by atoms with Crippen LogP contribution in [0.3, 0.4) is 0 Å². The van der Waals surface area contributed by atoms with Crippen molar-refractivity contribution in [1.29, 1.82) is 0 Å². The monoisotopic (exact) mass is 370 g/mol. The van der Waals surface area contributed by atoms with E-state index in [1.807, 2.05) is 25.1 Å². The molecule has 1 aliphatic heterocycles. The van der Waals surface area contributed by atoms with Gasteiger partial charge < -0.3 is 5.11 Å². The first-order chi connectivity index (χ1) is 13.6. The van der Waals surface area contributed by atoms with Gasteiger partial charge in [0.05, 0.1) is 11.6 Å². The molecule has 138 valence electrons. The Morgan fingerprint density at radius 2 is 1.68 bits per heavy atom. The molecule has 0 unspecified atom stereocenters. The molecule has 0 bridgehead atoms. The molecule has 1 saturated heterocycles. The number of aliphatic hydroxyl groups excluding tert-OH is 1. The van der Waals surface area contributed by atoms with Gasteiger partial charge in [-0.25, -0.2) is 0 Å². The number of aryl methyl sites for hydroxylation is 1. The lowest BCUT2D eigenvalue weighted by atomic mass is 9.96. The lowest BCUT2D eigenvalue weighted by Gasteiger charge is -2.25. The minimum absolute atomic E-state index is 0.0608. The van der Waals surface area contributed by atoms with Crippen molar-refractivity contribution in [2.45, 2.75) is 13.0 Å². The van der Waals surface area contributed by atoms with E-state index in [4.69, 9.17) is 0 Å². The van der Waals surface area contributed by atoms with E-state index in [0.29, 0.717) is 16.8 Å². The maximum absolute atomic E-state index is 12.9. The number of nitrogens with zero attached hydrogens (tertiary/aromatic N) is 2. The Morgan fingerprint density at radius 1 is 0.964 bits per heavy atom. The third kappa shape index (κ3) is 2.97. The van der Waals surface area contributed by atoms with Gasteiger partial charge in [0.25, 0.3) is 11.7 Å². The van der Waals surface area contributed by atoms with Gasteiger partial charge in [0.1, 0.15) is 5.76 Å². The normalized spacial score (nSPS) is 18.5. The fourth-order valence-corrected chi connectivity index (χ4v) is 3.41. The number of anilines is 1. The maximum atomic E-state index is 12.9. The summed E-state index contributed by atoms with van der Waals surface area (Å²) < 4.78 is 0. The highest BCUT2D eigenvalue weighted by Crippen LogP contribution is 2.41. The highest BCUT2D eigenvalue weighted by molar-refractivity contribution is 6.51. The van der Waals surface area contributed by atoms with Gasteiger partial charge in [-0.2, -0.15) is 0 Å². The number of aliphatic hydroxyl groups is 1. The molecule has 0 aliphatic carbocycles. The van der Waals surface area contributed by atoms with E-state index in [9.17, 15) is 14.7 Å². The first kappa shape index (κ1) is 17.7. The molecule has 1 aromatic heterocycles. The number of para-hydroxylation sites is 1. The Kier molecular flexibility index (Phi) is 4.49. The van der Waals surface area contributed by atoms with Crippen LogP contribution in [0.15, 0.2) is 84.7 Å². The minimum atomic E-state index is -0.752. The molecule has 3 aromatic rings. The number of carbonyl (C=O) groups is 2. The SMILES string of the molecule is Cc1ccc(C(O)=C2C(=O)C(=O)N(c3ccccc3)[C@@H]2c2cccnc2)cc1. The van der Waals surface area contributed by atoms with Gasteiger partial charge in [-0.15, -0.1) is 0 Å². The fourth-order valence-electron chi connectivity index (χ4n) is 3.41. The second kappa shape index (κ2) is 7.12. The first-order valence-electron chi connectivity index (χ1n) is 8.91. The molecule has 2 aromatic carbocycles. The number of ketones is 1. The Hall–Kier alpha value is -3.73. The number of Topliss-reactive ketones (excluding diaryl/α,β-unsaturated/α-hetero) is 1. The molecule has 1 aliphatic rings. The number of hydrogen-bond acceptors (Lipinski definition) is 4. The maximum Gasteiger partial charge on any atom is 0.300 e. The summed E-state index contributed by atoms with van der Waals surface area (Å²) in [7, 11) is 0. The van der Waals surface area contributed by atoms with Crippen LogP contribution >= 0.6 is 0 Å². The molecule has 1 fully saturated rings. The Bertz CT molecular complexity index is 1060. The van der Waals surface area contributed by atoms with Crippen molar-refractivity contribution in [3.63, 3.8) is 0 Å². The molecule has 1 N–H and O–H groups in total. The number of hydrogen-bond donors (Lipinski definition) is 1. The molecule has 28 heavy (non-hydrogen) atoms. The van der Waals surface area contributed by atoms with Gasteiger partial charge in [-0.1, -0.05) is 54.1 Å². The van der Waals surface area contributed by atoms with Crippen LogP contribution in [-0.2, 0) is 9.59 Å². The average molecular weight is 370 g/mol. The van der Waals surface area contributed by atoms with E-state index in [1.54, 1.807) is 60.9 Å². The molecule has 5 heteroatoms. The largest absolute Gasteiger partial charge is 0.507 e. The van der Waals surface area contributed by atoms with E-state index in [0.717, 1.165) is 5.56 Å². The number of carbonyl (C=O) groups excluding carboxylic acids is 2. The lowest BCUT2D eigenvalue weighted by Crippen LogP contribution is -2.29. The van der Waals surface area contributed by atoms with Crippen LogP contribution in [0.4, 0.5) is 5.69 Å². The van der Waals surface area contributed by atoms with Crippen LogP contribution in [0.25, 0.3) is 5.76 Å². The zero-order chi connectivity index (χ0) is 19.7. The van der Waals surface area contributed by atoms with Crippen molar-refractivity contribution < 1.29 is 14.7 Å². The third-order valence-electron chi connectivity index (χ3n) is 4.80. The molecular formula is C23H18N2O3. The second-order valence-corrected chi connectivity index (χ2v) is 6.66. The summed E-state index contributed by atoms with van der Waals surface area (Å²) in [6, 6.07) is 18.9. The third-order valence-corrected chi connectivity index (χ3v) is 4.80. The van der Waals surface area contributed by atoms with Crippen LogP contribution in [0.1, 0.15) is 22.7 Å². The zero-order valence-corrected chi connectivity index (χ0v) is 15.2. The first-order valence-corrected chi connectivity index (χ1v) is 8.91. The van der Waals surface area contributed by atoms with Gasteiger partial charge in [0, 0.05) is 23.6 Å². The quantitative estimate of drug-likeness (QED) is 0.429. The molecular weight excluding hydrogens is 352 g/mol. The second-order valence-electron chi connectivity index (χ2n) is 6.66. The molecule has 5 nitrogen and oxygen atoms in total. The predicted octanol–water partition coefficient (Wildman–Crippen LogP) is 4.02. The van der Waals surface area contributed by atoms with Crippen molar-refractivity contribution in [3.05, 3.63) is 101 Å². The van der Waals surface area contributed by atoms with E-state index in [1.165, 1.54) is 4.90 Å². The average Bonchev–Trinajstić information content (AvgIpc) is 3.00. The number of rotatable bonds is 3. The number of amides is 1. The molecule has 0 radical (unpaired) electrons. The van der Waals surface area contributed by atoms with Crippen LogP contribution in [-0.4, -0.2) is 21.8 Å². The highest BCUT2D eigenvalue weighted by atomic mass is 16.3. The summed E-state index contributed by atoms with van der Waals surface area (Å²) in [6.07, 6.45) is 3.23. The van der Waals surface area contributed by atoms with Crippen LogP contribution < -0.4 is 4.90 Å². The van der Waals surface area contributed by atoms with Crippen LogP contribution in [0, 0.1) is 6.92 Å². The zero-order valence-electron chi connectivity index (χ0n) is 15.2. The summed E-state index contributed by atoms with van der Waals surface area (Å²) in [5, 5.41) is 11.0. The van der Waals surface area contributed by atoms with Gasteiger partial charge in [0.15, 0.2) is 0 Å². The van der Waals surface area contributed by atoms with E-state index in [2.05, 4.69) is 4.98 Å². The number of benzene rings is 2. The topological polar surface area (TPSA) is 70.5 Å². The van der Waals surface area contributed by atoms with Gasteiger partial charge in [-0.3, -0.25) is 19.5 Å². The van der Waals surface area contributed by atoms with E-state index in [-0.39, 0.29) is 11.3 Å². The number of pyridine rings is 1. The summed E-state index contributed by atoms with van der Waals surface area (Å²) in [5.74, 6) is -1.57.